The number of nitrogens with two attached hydrogens (primary N) is 1. The van der Waals surface area contributed by atoms with Gasteiger partial charge >= 0.3 is 0 Å². The lowest BCUT2D eigenvalue weighted by Crippen LogP contribution is -2.61. The molecule has 1 aromatic heterocycles. The summed E-state index contributed by atoms with van der Waals surface area (Å²) in [6.45, 7) is 4.98. The van der Waals surface area contributed by atoms with Gasteiger partial charge in [-0.3, -0.25) is 14.6 Å². The van der Waals surface area contributed by atoms with Gasteiger partial charge in [-0.15, -0.1) is 0 Å². The first-order valence-corrected chi connectivity index (χ1v) is 9.60. The molecule has 1 aliphatic rings. The van der Waals surface area contributed by atoms with E-state index in [9.17, 15) is 9.59 Å². The Labute approximate surface area is 165 Å². The van der Waals surface area contributed by atoms with Gasteiger partial charge in [0.05, 0.1) is 13.2 Å². The number of carbonyl (C=O) groups is 2. The fourth-order valence-electron chi connectivity index (χ4n) is 3.55. The molecule has 2 aromatic rings. The molecule has 1 aliphatic heterocycles. The molecule has 0 spiro atoms. The lowest BCUT2D eigenvalue weighted by Gasteiger charge is -2.41. The number of aromatic nitrogens is 1. The van der Waals surface area contributed by atoms with Crippen LogP contribution in [-0.4, -0.2) is 47.0 Å². The minimum absolute atomic E-state index is 0.0365. The monoisotopic (exact) mass is 381 g/mol. The molecule has 148 valence electrons. The highest BCUT2D eigenvalue weighted by molar-refractivity contribution is 5.86. The summed E-state index contributed by atoms with van der Waals surface area (Å²) in [6, 6.07) is 11.8. The summed E-state index contributed by atoms with van der Waals surface area (Å²) in [5.74, 6) is -0.242. The summed E-state index contributed by atoms with van der Waals surface area (Å²) >= 11 is 0. The zero-order valence-corrected chi connectivity index (χ0v) is 16.4. The van der Waals surface area contributed by atoms with E-state index >= 15 is 0 Å². The first-order chi connectivity index (χ1) is 13.4. The zero-order chi connectivity index (χ0) is 20.1. The van der Waals surface area contributed by atoms with Crippen LogP contribution < -0.4 is 5.73 Å². The van der Waals surface area contributed by atoms with Crippen LogP contribution in [0.2, 0.25) is 0 Å². The fraction of sp³-hybridized carbons (Fsp3) is 0.409. The molecule has 6 heteroatoms. The maximum atomic E-state index is 12.5. The normalized spacial score (nSPS) is 19.6. The molecule has 0 radical (unpaired) electrons. The molecule has 2 amide bonds. The number of hydrogen-bond donors (Lipinski definition) is 1. The number of rotatable bonds is 6. The number of benzene rings is 1. The third-order valence-electron chi connectivity index (χ3n) is 5.00. The number of hydrogen-bond acceptors (Lipinski definition) is 4. The Bertz CT molecular complexity index is 838. The van der Waals surface area contributed by atoms with Gasteiger partial charge in [0.2, 0.25) is 5.91 Å². The number of primary amides is 1. The zero-order valence-electron chi connectivity index (χ0n) is 16.4. The molecule has 0 aliphatic carbocycles. The molecular weight excluding hydrogens is 354 g/mol. The molecular formula is C22H27N3O3. The predicted octanol–water partition coefficient (Wildman–Crippen LogP) is 2.42. The van der Waals surface area contributed by atoms with E-state index in [2.05, 4.69) is 4.98 Å². The lowest BCUT2D eigenvalue weighted by atomic mass is 9.90. The van der Waals surface area contributed by atoms with E-state index in [0.29, 0.717) is 26.0 Å². The van der Waals surface area contributed by atoms with Crippen LogP contribution in [0.1, 0.15) is 25.8 Å². The number of pyridine rings is 1. The highest BCUT2D eigenvalue weighted by atomic mass is 16.5. The summed E-state index contributed by atoms with van der Waals surface area (Å²) in [5.41, 5.74) is 7.56. The number of amides is 2. The average molecular weight is 381 g/mol. The van der Waals surface area contributed by atoms with Gasteiger partial charge in [0.1, 0.15) is 0 Å². The van der Waals surface area contributed by atoms with Gasteiger partial charge in [0.15, 0.2) is 5.60 Å². The van der Waals surface area contributed by atoms with Crippen molar-refractivity contribution < 1.29 is 14.3 Å². The molecule has 1 aromatic carbocycles. The van der Waals surface area contributed by atoms with Crippen molar-refractivity contribution >= 4 is 11.8 Å². The quantitative estimate of drug-likeness (QED) is 0.833. The van der Waals surface area contributed by atoms with Gasteiger partial charge in [-0.1, -0.05) is 38.1 Å². The van der Waals surface area contributed by atoms with Crippen LogP contribution in [0.4, 0.5) is 0 Å². The Morgan fingerprint density at radius 1 is 1.21 bits per heavy atom. The minimum atomic E-state index is -1.21. The average Bonchev–Trinajstić information content (AvgIpc) is 2.68. The van der Waals surface area contributed by atoms with Crippen molar-refractivity contribution in [3.05, 3.63) is 54.4 Å². The number of morpholine rings is 1. The summed E-state index contributed by atoms with van der Waals surface area (Å²) < 4.78 is 5.88. The maximum absolute atomic E-state index is 12.5. The Balaban J connectivity index is 1.83. The van der Waals surface area contributed by atoms with E-state index in [0.717, 1.165) is 16.7 Å². The molecule has 3 rings (SSSR count). The molecule has 1 atom stereocenters. The standard InChI is InChI=1S/C22H27N3O3/c1-16(2)12-20(26)25-10-11-28-22(15-25,21(23)27)14-17-4-3-5-19(13-17)18-6-8-24-9-7-18/h3-9,13,16H,10-12,14-15H2,1-2H3,(H2,23,27)/t22-/m0/s1. The molecule has 0 bridgehead atoms. The predicted molar refractivity (Wildman–Crippen MR) is 107 cm³/mol. The molecule has 0 saturated carbocycles. The van der Waals surface area contributed by atoms with Crippen LogP contribution in [0.5, 0.6) is 0 Å². The van der Waals surface area contributed by atoms with Crippen LogP contribution in [0.15, 0.2) is 48.8 Å². The first-order valence-electron chi connectivity index (χ1n) is 9.60. The van der Waals surface area contributed by atoms with Gasteiger partial charge in [0, 0.05) is 31.8 Å². The van der Waals surface area contributed by atoms with Crippen LogP contribution in [0, 0.1) is 5.92 Å². The molecule has 1 saturated heterocycles. The summed E-state index contributed by atoms with van der Waals surface area (Å²) in [6.07, 6.45) is 4.27. The van der Waals surface area contributed by atoms with Gasteiger partial charge < -0.3 is 15.4 Å². The summed E-state index contributed by atoms with van der Waals surface area (Å²) in [7, 11) is 0. The summed E-state index contributed by atoms with van der Waals surface area (Å²) in [4.78, 5) is 30.7. The maximum Gasteiger partial charge on any atom is 0.251 e. The van der Waals surface area contributed by atoms with Crippen molar-refractivity contribution in [1.82, 2.24) is 9.88 Å². The third kappa shape index (κ3) is 4.57. The van der Waals surface area contributed by atoms with Crippen molar-refractivity contribution in [2.24, 2.45) is 11.7 Å². The first kappa shape index (κ1) is 20.0. The lowest BCUT2D eigenvalue weighted by molar-refractivity contribution is -0.163. The topological polar surface area (TPSA) is 85.5 Å². The largest absolute Gasteiger partial charge is 0.367 e. The summed E-state index contributed by atoms with van der Waals surface area (Å²) in [5, 5.41) is 0. The molecule has 2 N–H and O–H groups in total. The Kier molecular flexibility index (Phi) is 6.09. The Morgan fingerprint density at radius 2 is 1.96 bits per heavy atom. The Morgan fingerprint density at radius 3 is 2.64 bits per heavy atom. The second kappa shape index (κ2) is 8.52. The molecule has 1 fully saturated rings. The van der Waals surface area contributed by atoms with E-state index in [1.54, 1.807) is 17.3 Å². The van der Waals surface area contributed by atoms with Crippen molar-refractivity contribution in [2.45, 2.75) is 32.3 Å². The van der Waals surface area contributed by atoms with Crippen LogP contribution >= 0.6 is 0 Å². The second-order valence-electron chi connectivity index (χ2n) is 7.73. The van der Waals surface area contributed by atoms with E-state index in [4.69, 9.17) is 10.5 Å². The molecule has 2 heterocycles. The number of ether oxygens (including phenoxy) is 1. The van der Waals surface area contributed by atoms with E-state index in [1.165, 1.54) is 0 Å². The van der Waals surface area contributed by atoms with Crippen molar-refractivity contribution in [3.63, 3.8) is 0 Å². The Hall–Kier alpha value is -2.73. The van der Waals surface area contributed by atoms with E-state index in [1.807, 2.05) is 50.2 Å². The van der Waals surface area contributed by atoms with E-state index in [-0.39, 0.29) is 18.4 Å². The SMILES string of the molecule is CC(C)CC(=O)N1CCO[C@](Cc2cccc(-c3ccncc3)c2)(C(N)=O)C1. The van der Waals surface area contributed by atoms with Crippen LogP contribution in [0.25, 0.3) is 11.1 Å². The van der Waals surface area contributed by atoms with Crippen LogP contribution in [-0.2, 0) is 20.7 Å². The fourth-order valence-corrected chi connectivity index (χ4v) is 3.55. The smallest absolute Gasteiger partial charge is 0.251 e. The van der Waals surface area contributed by atoms with E-state index < -0.39 is 11.5 Å². The van der Waals surface area contributed by atoms with Crippen molar-refractivity contribution in [1.29, 1.82) is 0 Å². The molecule has 28 heavy (non-hydrogen) atoms. The highest BCUT2D eigenvalue weighted by Crippen LogP contribution is 2.27. The van der Waals surface area contributed by atoms with Crippen LogP contribution in [0.3, 0.4) is 0 Å². The molecule has 0 unspecified atom stereocenters. The van der Waals surface area contributed by atoms with Crippen molar-refractivity contribution in [3.8, 4) is 11.1 Å². The highest BCUT2D eigenvalue weighted by Gasteiger charge is 2.43. The van der Waals surface area contributed by atoms with Gasteiger partial charge in [-0.2, -0.15) is 0 Å². The number of nitrogens with zero attached hydrogens (tertiary/aromatic N) is 2. The minimum Gasteiger partial charge on any atom is -0.367 e. The molecule has 6 nitrogen and oxygen atoms in total. The van der Waals surface area contributed by atoms with Gasteiger partial charge in [0.25, 0.3) is 5.91 Å². The van der Waals surface area contributed by atoms with Gasteiger partial charge in [-0.05, 0) is 34.7 Å². The number of carbonyl (C=O) groups excluding carboxylic acids is 2. The van der Waals surface area contributed by atoms with Gasteiger partial charge in [-0.25, -0.2) is 0 Å². The van der Waals surface area contributed by atoms with Crippen molar-refractivity contribution in [2.75, 3.05) is 19.7 Å². The second-order valence-corrected chi connectivity index (χ2v) is 7.73. The third-order valence-corrected chi connectivity index (χ3v) is 5.00.